The molecule has 21 heavy (non-hydrogen) atoms. The maximum absolute atomic E-state index is 9.24. The molecule has 0 saturated carbocycles. The van der Waals surface area contributed by atoms with Crippen molar-refractivity contribution in [2.45, 2.75) is 19.4 Å². The second-order valence-corrected chi connectivity index (χ2v) is 7.81. The topological polar surface area (TPSA) is 65.9 Å². The van der Waals surface area contributed by atoms with E-state index in [1.165, 1.54) is 4.88 Å². The van der Waals surface area contributed by atoms with Crippen molar-refractivity contribution in [2.75, 3.05) is 33.4 Å². The summed E-state index contributed by atoms with van der Waals surface area (Å²) in [6, 6.07) is 4.14. The van der Waals surface area contributed by atoms with Crippen LogP contribution >= 0.6 is 27.3 Å². The van der Waals surface area contributed by atoms with Crippen LogP contribution in [0.25, 0.3) is 0 Å². The quantitative estimate of drug-likeness (QED) is 0.525. The van der Waals surface area contributed by atoms with Gasteiger partial charge in [-0.05, 0) is 40.9 Å². The highest BCUT2D eigenvalue weighted by Crippen LogP contribution is 2.31. The molecule has 0 aliphatic carbocycles. The molecule has 1 unspecified atom stereocenters. The molecule has 1 atom stereocenters. The van der Waals surface area contributed by atoms with Gasteiger partial charge in [0.05, 0.1) is 16.9 Å². The molecule has 1 aliphatic rings. The highest BCUT2D eigenvalue weighted by atomic mass is 79.9. The Morgan fingerprint density at radius 1 is 1.52 bits per heavy atom. The molecule has 1 aromatic rings. The number of aliphatic imine (C=N–C) groups is 1. The molecule has 2 heterocycles. The number of hydrogen-bond acceptors (Lipinski definition) is 4. The van der Waals surface area contributed by atoms with Crippen LogP contribution in [0.5, 0.6) is 0 Å². The molecule has 1 aromatic heterocycles. The molecule has 7 heteroatoms. The van der Waals surface area contributed by atoms with E-state index >= 15 is 0 Å². The first kappa shape index (κ1) is 16.7. The van der Waals surface area contributed by atoms with E-state index in [0.29, 0.717) is 6.61 Å². The van der Waals surface area contributed by atoms with Crippen molar-refractivity contribution in [3.8, 4) is 0 Å². The van der Waals surface area contributed by atoms with Crippen molar-refractivity contribution in [3.63, 3.8) is 0 Å². The summed E-state index contributed by atoms with van der Waals surface area (Å²) >= 11 is 5.17. The third kappa shape index (κ3) is 4.95. The molecule has 0 bridgehead atoms. The van der Waals surface area contributed by atoms with Gasteiger partial charge in [0.2, 0.25) is 0 Å². The zero-order chi connectivity index (χ0) is 15.1. The second-order valence-electron chi connectivity index (χ2n) is 5.26. The predicted octanol–water partition coefficient (Wildman–Crippen LogP) is 1.96. The molecule has 1 aliphatic heterocycles. The van der Waals surface area contributed by atoms with Gasteiger partial charge >= 0.3 is 0 Å². The lowest BCUT2D eigenvalue weighted by Gasteiger charge is -2.27. The highest BCUT2D eigenvalue weighted by molar-refractivity contribution is 9.11. The van der Waals surface area contributed by atoms with E-state index in [2.05, 4.69) is 37.6 Å². The third-order valence-electron chi connectivity index (χ3n) is 3.74. The van der Waals surface area contributed by atoms with E-state index < -0.39 is 0 Å². The number of aliphatic hydroxyl groups is 1. The fraction of sp³-hybridized carbons (Fsp3) is 0.643. The van der Waals surface area contributed by atoms with Gasteiger partial charge in [0.25, 0.3) is 0 Å². The Morgan fingerprint density at radius 3 is 2.95 bits per heavy atom. The van der Waals surface area contributed by atoms with Crippen molar-refractivity contribution in [2.24, 2.45) is 10.4 Å². The standard InChI is InChI=1S/C14H22BrN3O2S/c1-16-13(17-8-11-2-3-12(15)21-11)18-9-14(4-6-19)5-7-20-10-14/h2-3,19H,4-10H2,1H3,(H2,16,17,18). The van der Waals surface area contributed by atoms with E-state index in [1.54, 1.807) is 18.4 Å². The Balaban J connectivity index is 1.81. The Bertz CT molecular complexity index is 473. The summed E-state index contributed by atoms with van der Waals surface area (Å²) in [4.78, 5) is 5.50. The van der Waals surface area contributed by atoms with E-state index in [4.69, 9.17) is 4.74 Å². The van der Waals surface area contributed by atoms with Gasteiger partial charge in [-0.1, -0.05) is 0 Å². The molecule has 2 rings (SSSR count). The molecule has 118 valence electrons. The number of thiophene rings is 1. The molecule has 1 saturated heterocycles. The van der Waals surface area contributed by atoms with Gasteiger partial charge in [-0.25, -0.2) is 0 Å². The summed E-state index contributed by atoms with van der Waals surface area (Å²) in [6.07, 6.45) is 1.74. The SMILES string of the molecule is CN=C(NCc1ccc(Br)s1)NCC1(CCO)CCOC1. The summed E-state index contributed by atoms with van der Waals surface area (Å²) < 4.78 is 6.63. The molecular weight excluding hydrogens is 354 g/mol. The Hall–Kier alpha value is -0.630. The summed E-state index contributed by atoms with van der Waals surface area (Å²) in [7, 11) is 1.77. The van der Waals surface area contributed by atoms with Crippen LogP contribution in [-0.4, -0.2) is 44.5 Å². The van der Waals surface area contributed by atoms with Crippen LogP contribution in [0.2, 0.25) is 0 Å². The van der Waals surface area contributed by atoms with Gasteiger partial charge in [0.1, 0.15) is 0 Å². The smallest absolute Gasteiger partial charge is 0.191 e. The summed E-state index contributed by atoms with van der Waals surface area (Å²) in [5.74, 6) is 0.781. The number of rotatable bonds is 6. The molecule has 0 amide bonds. The lowest BCUT2D eigenvalue weighted by molar-refractivity contribution is 0.127. The van der Waals surface area contributed by atoms with Crippen LogP contribution < -0.4 is 10.6 Å². The number of hydrogen-bond donors (Lipinski definition) is 3. The van der Waals surface area contributed by atoms with Crippen LogP contribution in [0.15, 0.2) is 20.9 Å². The normalized spacial score (nSPS) is 22.5. The first-order valence-corrected chi connectivity index (χ1v) is 8.66. The highest BCUT2D eigenvalue weighted by Gasteiger charge is 2.34. The Labute approximate surface area is 137 Å². The van der Waals surface area contributed by atoms with E-state index in [1.807, 2.05) is 6.07 Å². The number of ether oxygens (including phenoxy) is 1. The number of nitrogens with zero attached hydrogens (tertiary/aromatic N) is 1. The number of halogens is 1. The van der Waals surface area contributed by atoms with Crippen LogP contribution in [0, 0.1) is 5.41 Å². The Kier molecular flexibility index (Phi) is 6.47. The fourth-order valence-electron chi connectivity index (χ4n) is 2.42. The maximum atomic E-state index is 9.24. The average Bonchev–Trinajstić information content (AvgIpc) is 3.09. The van der Waals surface area contributed by atoms with Crippen molar-refractivity contribution in [1.29, 1.82) is 0 Å². The second kappa shape index (κ2) is 8.12. The van der Waals surface area contributed by atoms with Gasteiger partial charge in [-0.3, -0.25) is 4.99 Å². The van der Waals surface area contributed by atoms with Crippen LogP contribution in [0.3, 0.4) is 0 Å². The van der Waals surface area contributed by atoms with Crippen molar-refractivity contribution in [1.82, 2.24) is 10.6 Å². The minimum Gasteiger partial charge on any atom is -0.396 e. The van der Waals surface area contributed by atoms with Crippen molar-refractivity contribution in [3.05, 3.63) is 20.8 Å². The van der Waals surface area contributed by atoms with Gasteiger partial charge in [0, 0.05) is 37.1 Å². The Morgan fingerprint density at radius 2 is 2.38 bits per heavy atom. The van der Waals surface area contributed by atoms with E-state index in [-0.39, 0.29) is 12.0 Å². The molecule has 0 aromatic carbocycles. The first-order valence-electron chi connectivity index (χ1n) is 7.05. The average molecular weight is 376 g/mol. The minimum absolute atomic E-state index is 0.0261. The largest absolute Gasteiger partial charge is 0.396 e. The molecule has 3 N–H and O–H groups in total. The van der Waals surface area contributed by atoms with Crippen LogP contribution in [-0.2, 0) is 11.3 Å². The van der Waals surface area contributed by atoms with Crippen LogP contribution in [0.4, 0.5) is 0 Å². The number of nitrogens with one attached hydrogen (secondary N) is 2. The molecule has 0 radical (unpaired) electrons. The first-order chi connectivity index (χ1) is 10.2. The monoisotopic (exact) mass is 375 g/mol. The third-order valence-corrected chi connectivity index (χ3v) is 5.36. The fourth-order valence-corrected chi connectivity index (χ4v) is 3.84. The lowest BCUT2D eigenvalue weighted by Crippen LogP contribution is -2.44. The van der Waals surface area contributed by atoms with Crippen LogP contribution in [0.1, 0.15) is 17.7 Å². The summed E-state index contributed by atoms with van der Waals surface area (Å²) in [6.45, 7) is 3.19. The number of aliphatic hydroxyl groups excluding tert-OH is 1. The van der Waals surface area contributed by atoms with Crippen molar-refractivity contribution < 1.29 is 9.84 Å². The molecule has 5 nitrogen and oxygen atoms in total. The van der Waals surface area contributed by atoms with Gasteiger partial charge in [-0.15, -0.1) is 11.3 Å². The predicted molar refractivity (Wildman–Crippen MR) is 89.8 cm³/mol. The molecular formula is C14H22BrN3O2S. The van der Waals surface area contributed by atoms with E-state index in [0.717, 1.165) is 42.3 Å². The summed E-state index contributed by atoms with van der Waals surface area (Å²) in [5.41, 5.74) is 0.0261. The molecule has 0 spiro atoms. The summed E-state index contributed by atoms with van der Waals surface area (Å²) in [5, 5.41) is 15.9. The van der Waals surface area contributed by atoms with Gasteiger partial charge in [-0.2, -0.15) is 0 Å². The van der Waals surface area contributed by atoms with Gasteiger partial charge < -0.3 is 20.5 Å². The molecule has 1 fully saturated rings. The lowest BCUT2D eigenvalue weighted by atomic mass is 9.84. The van der Waals surface area contributed by atoms with E-state index in [9.17, 15) is 5.11 Å². The zero-order valence-electron chi connectivity index (χ0n) is 12.2. The van der Waals surface area contributed by atoms with Gasteiger partial charge in [0.15, 0.2) is 5.96 Å². The van der Waals surface area contributed by atoms with Crippen molar-refractivity contribution >= 4 is 33.2 Å². The minimum atomic E-state index is 0.0261. The maximum Gasteiger partial charge on any atom is 0.191 e. The number of guanidine groups is 1. The zero-order valence-corrected chi connectivity index (χ0v) is 14.6.